The molecule has 9 aromatic rings. The largest absolute Gasteiger partial charge is 0.340 e. The minimum absolute atomic E-state index is 0.338. The van der Waals surface area contributed by atoms with E-state index in [1.807, 2.05) is 176 Å². The van der Waals surface area contributed by atoms with Crippen LogP contribution in [0.15, 0.2) is 198 Å². The maximum Gasteiger partial charge on any atom is 0.340 e. The van der Waals surface area contributed by atoms with Crippen LogP contribution in [0.2, 0.25) is 0 Å². The van der Waals surface area contributed by atoms with Gasteiger partial charge in [0.05, 0.1) is 22.3 Å². The molecule has 0 radical (unpaired) electrons. The van der Waals surface area contributed by atoms with Gasteiger partial charge in [0.2, 0.25) is 0 Å². The zero-order chi connectivity index (χ0) is 36.4. The van der Waals surface area contributed by atoms with Crippen molar-refractivity contribution >= 4 is 10.9 Å². The van der Waals surface area contributed by atoms with E-state index in [4.69, 9.17) is 15.0 Å². The number of aromatic nitrogens is 5. The molecule has 54 heavy (non-hydrogen) atoms. The standard InChI is InChI=1S/C47H31N5O2/c53-46-41-31-38(45-49-43(34-19-9-3-10-20-34)48-44(50-45)35-21-11-4-12-22-35)27-28-42(41)51(39-25-13-23-36(29-39)32-15-5-1-6-16-32)47(54)52(46)40-26-14-24-37(30-40)33-17-7-2-8-18-33/h1-31H. The highest BCUT2D eigenvalue weighted by molar-refractivity contribution is 5.85. The lowest BCUT2D eigenvalue weighted by atomic mass is 10.0. The summed E-state index contributed by atoms with van der Waals surface area (Å²) in [4.78, 5) is 44.1. The fourth-order valence-corrected chi connectivity index (χ4v) is 6.78. The Balaban J connectivity index is 1.30. The van der Waals surface area contributed by atoms with Crippen LogP contribution in [0.3, 0.4) is 0 Å². The van der Waals surface area contributed by atoms with Gasteiger partial charge in [-0.3, -0.25) is 9.36 Å². The van der Waals surface area contributed by atoms with E-state index in [0.29, 0.717) is 45.3 Å². The van der Waals surface area contributed by atoms with E-state index < -0.39 is 11.2 Å². The number of benzene rings is 7. The smallest absolute Gasteiger partial charge is 0.268 e. The van der Waals surface area contributed by atoms with Gasteiger partial charge in [0.15, 0.2) is 17.5 Å². The molecule has 2 aromatic heterocycles. The average Bonchev–Trinajstić information content (AvgIpc) is 3.25. The summed E-state index contributed by atoms with van der Waals surface area (Å²) in [6.45, 7) is 0. The normalized spacial score (nSPS) is 11.1. The Morgan fingerprint density at radius 2 is 0.741 bits per heavy atom. The minimum atomic E-state index is -0.478. The van der Waals surface area contributed by atoms with Gasteiger partial charge in [0, 0.05) is 16.7 Å². The first-order valence-electron chi connectivity index (χ1n) is 17.6. The summed E-state index contributed by atoms with van der Waals surface area (Å²) in [6, 6.07) is 60.2. The molecule has 0 aliphatic heterocycles. The lowest BCUT2D eigenvalue weighted by Gasteiger charge is -2.16. The molecule has 7 aromatic carbocycles. The molecule has 0 bridgehead atoms. The van der Waals surface area contributed by atoms with E-state index in [1.54, 1.807) is 16.7 Å². The third-order valence-corrected chi connectivity index (χ3v) is 9.43. The highest BCUT2D eigenvalue weighted by Gasteiger charge is 2.19. The molecule has 0 amide bonds. The van der Waals surface area contributed by atoms with Crippen LogP contribution in [0.5, 0.6) is 0 Å². The monoisotopic (exact) mass is 697 g/mol. The molecule has 0 spiro atoms. The van der Waals surface area contributed by atoms with Crippen LogP contribution in [-0.2, 0) is 0 Å². The molecule has 2 heterocycles. The summed E-state index contributed by atoms with van der Waals surface area (Å²) in [5.41, 5.74) is 6.75. The summed E-state index contributed by atoms with van der Waals surface area (Å²) in [5, 5.41) is 0.338. The molecule has 9 rings (SSSR count). The van der Waals surface area contributed by atoms with Gasteiger partial charge in [0.1, 0.15) is 0 Å². The van der Waals surface area contributed by atoms with E-state index in [2.05, 4.69) is 0 Å². The van der Waals surface area contributed by atoms with E-state index in [0.717, 1.165) is 33.4 Å². The molecule has 7 heteroatoms. The van der Waals surface area contributed by atoms with Gasteiger partial charge in [0.25, 0.3) is 5.56 Å². The van der Waals surface area contributed by atoms with E-state index in [1.165, 1.54) is 4.57 Å². The molecule has 0 aliphatic carbocycles. The van der Waals surface area contributed by atoms with Crippen molar-refractivity contribution in [1.29, 1.82) is 0 Å². The summed E-state index contributed by atoms with van der Waals surface area (Å²) in [7, 11) is 0. The number of hydrogen-bond acceptors (Lipinski definition) is 5. The van der Waals surface area contributed by atoms with Crippen LogP contribution in [0.25, 0.3) is 78.7 Å². The molecule has 0 atom stereocenters. The minimum Gasteiger partial charge on any atom is -0.268 e. The molecular weight excluding hydrogens is 667 g/mol. The average molecular weight is 698 g/mol. The number of nitrogens with zero attached hydrogens (tertiary/aromatic N) is 5. The van der Waals surface area contributed by atoms with Crippen LogP contribution in [0.1, 0.15) is 0 Å². The number of rotatable bonds is 7. The molecule has 7 nitrogen and oxygen atoms in total. The third-order valence-electron chi connectivity index (χ3n) is 9.43. The van der Waals surface area contributed by atoms with Crippen molar-refractivity contribution in [2.45, 2.75) is 0 Å². The molecule has 0 aliphatic rings. The van der Waals surface area contributed by atoms with Crippen LogP contribution >= 0.6 is 0 Å². The van der Waals surface area contributed by atoms with E-state index in [-0.39, 0.29) is 0 Å². The summed E-state index contributed by atoms with van der Waals surface area (Å²) in [5.74, 6) is 1.43. The van der Waals surface area contributed by atoms with Crippen molar-refractivity contribution in [1.82, 2.24) is 24.1 Å². The van der Waals surface area contributed by atoms with Crippen molar-refractivity contribution in [2.75, 3.05) is 0 Å². The Hall–Kier alpha value is -7.51. The lowest BCUT2D eigenvalue weighted by Crippen LogP contribution is -2.38. The zero-order valence-electron chi connectivity index (χ0n) is 29.0. The van der Waals surface area contributed by atoms with Gasteiger partial charge in [-0.15, -0.1) is 0 Å². The fourth-order valence-electron chi connectivity index (χ4n) is 6.78. The van der Waals surface area contributed by atoms with Crippen molar-refractivity contribution in [3.05, 3.63) is 209 Å². The van der Waals surface area contributed by atoms with Crippen LogP contribution in [0.4, 0.5) is 0 Å². The molecule has 0 saturated heterocycles. The van der Waals surface area contributed by atoms with Crippen molar-refractivity contribution in [3.63, 3.8) is 0 Å². The summed E-state index contributed by atoms with van der Waals surface area (Å²) >= 11 is 0. The second-order valence-electron chi connectivity index (χ2n) is 12.9. The SMILES string of the molecule is O=c1c2cc(-c3nc(-c4ccccc4)nc(-c4ccccc4)n3)ccc2n(-c2cccc(-c3ccccc3)c2)c(=O)n1-c1cccc(-c2ccccc2)c1. The third kappa shape index (κ3) is 6.10. The molecule has 0 saturated carbocycles. The number of fused-ring (bicyclic) bond motifs is 1. The Morgan fingerprint density at radius 1 is 0.333 bits per heavy atom. The molecular formula is C47H31N5O2. The quantitative estimate of drug-likeness (QED) is 0.166. The first-order chi connectivity index (χ1) is 26.6. The predicted octanol–water partition coefficient (Wildman–Crippen LogP) is 9.66. The Kier molecular flexibility index (Phi) is 8.34. The van der Waals surface area contributed by atoms with Gasteiger partial charge in [-0.2, -0.15) is 0 Å². The highest BCUT2D eigenvalue weighted by atomic mass is 16.2. The van der Waals surface area contributed by atoms with Gasteiger partial charge in [-0.05, 0) is 64.7 Å². The second kappa shape index (κ2) is 13.9. The summed E-state index contributed by atoms with van der Waals surface area (Å²) in [6.07, 6.45) is 0. The van der Waals surface area contributed by atoms with Crippen LogP contribution < -0.4 is 11.2 Å². The Bertz CT molecular complexity index is 2850. The van der Waals surface area contributed by atoms with Crippen molar-refractivity contribution in [2.24, 2.45) is 0 Å². The van der Waals surface area contributed by atoms with Crippen LogP contribution in [0, 0.1) is 0 Å². The van der Waals surface area contributed by atoms with Crippen LogP contribution in [-0.4, -0.2) is 24.1 Å². The fraction of sp³-hybridized carbons (Fsp3) is 0. The first-order valence-corrected chi connectivity index (χ1v) is 17.6. The first kappa shape index (κ1) is 32.4. The second-order valence-corrected chi connectivity index (χ2v) is 12.9. The van der Waals surface area contributed by atoms with Gasteiger partial charge in [-0.25, -0.2) is 24.3 Å². The molecule has 0 unspecified atom stereocenters. The van der Waals surface area contributed by atoms with Gasteiger partial charge >= 0.3 is 5.69 Å². The maximum atomic E-state index is 14.8. The number of hydrogen-bond donors (Lipinski definition) is 0. The van der Waals surface area contributed by atoms with E-state index in [9.17, 15) is 9.59 Å². The molecule has 0 N–H and O–H groups in total. The predicted molar refractivity (Wildman–Crippen MR) is 216 cm³/mol. The molecule has 256 valence electrons. The van der Waals surface area contributed by atoms with Gasteiger partial charge in [-0.1, -0.05) is 146 Å². The maximum absolute atomic E-state index is 14.8. The Labute approximate surface area is 310 Å². The van der Waals surface area contributed by atoms with Crippen molar-refractivity contribution < 1.29 is 0 Å². The lowest BCUT2D eigenvalue weighted by molar-refractivity contribution is 0.835. The zero-order valence-corrected chi connectivity index (χ0v) is 29.0. The van der Waals surface area contributed by atoms with Gasteiger partial charge < -0.3 is 0 Å². The topological polar surface area (TPSA) is 82.7 Å². The van der Waals surface area contributed by atoms with Crippen molar-refractivity contribution in [3.8, 4) is 67.8 Å². The van der Waals surface area contributed by atoms with E-state index >= 15 is 0 Å². The highest BCUT2D eigenvalue weighted by Crippen LogP contribution is 2.29. The molecule has 0 fully saturated rings. The summed E-state index contributed by atoms with van der Waals surface area (Å²) < 4.78 is 2.87. The Morgan fingerprint density at radius 3 is 1.22 bits per heavy atom.